The van der Waals surface area contributed by atoms with Gasteiger partial charge in [0.1, 0.15) is 5.60 Å². The van der Waals surface area contributed by atoms with Crippen LogP contribution in [0, 0.1) is 5.92 Å². The van der Waals surface area contributed by atoms with Gasteiger partial charge >= 0.3 is 6.09 Å². The third kappa shape index (κ3) is 3.94. The lowest BCUT2D eigenvalue weighted by Gasteiger charge is -2.23. The number of ether oxygens (including phenoxy) is 1. The van der Waals surface area contributed by atoms with E-state index in [1.807, 2.05) is 26.8 Å². The molecule has 0 aromatic carbocycles. The molecule has 0 saturated heterocycles. The van der Waals surface area contributed by atoms with Gasteiger partial charge < -0.3 is 10.1 Å². The molecule has 1 aliphatic rings. The molecule has 0 spiro atoms. The summed E-state index contributed by atoms with van der Waals surface area (Å²) in [5, 5.41) is 2.90. The molecule has 2 atom stereocenters. The molecule has 1 fully saturated rings. The van der Waals surface area contributed by atoms with E-state index in [0.29, 0.717) is 5.92 Å². The molecule has 3 nitrogen and oxygen atoms in total. The molecule has 0 bridgehead atoms. The standard InChI is InChI=1S/C12H21NO2/c1-5-9-7-6-8-10(9)13-11(14)15-12(2,3)4/h5,9-10H,1,6-8H2,2-4H3,(H,13,14)/t9-,10+/m0/s1. The summed E-state index contributed by atoms with van der Waals surface area (Å²) in [4.78, 5) is 11.5. The summed E-state index contributed by atoms with van der Waals surface area (Å²) in [5.74, 6) is 0.400. The van der Waals surface area contributed by atoms with Gasteiger partial charge in [-0.3, -0.25) is 0 Å². The number of carbonyl (C=O) groups excluding carboxylic acids is 1. The van der Waals surface area contributed by atoms with Crippen molar-refractivity contribution in [3.63, 3.8) is 0 Å². The molecule has 0 aliphatic heterocycles. The minimum atomic E-state index is -0.424. The zero-order chi connectivity index (χ0) is 11.5. The highest BCUT2D eigenvalue weighted by Crippen LogP contribution is 2.26. The molecule has 15 heavy (non-hydrogen) atoms. The second-order valence-electron chi connectivity index (χ2n) is 5.08. The van der Waals surface area contributed by atoms with Crippen LogP contribution in [0.2, 0.25) is 0 Å². The predicted octanol–water partition coefficient (Wildman–Crippen LogP) is 2.87. The van der Waals surface area contributed by atoms with Crippen molar-refractivity contribution in [1.82, 2.24) is 5.32 Å². The van der Waals surface area contributed by atoms with Crippen LogP contribution in [0.25, 0.3) is 0 Å². The van der Waals surface area contributed by atoms with Gasteiger partial charge in [0.25, 0.3) is 0 Å². The topological polar surface area (TPSA) is 38.3 Å². The Kier molecular flexibility index (Phi) is 3.77. The van der Waals surface area contributed by atoms with Gasteiger partial charge in [-0.15, -0.1) is 6.58 Å². The third-order valence-electron chi connectivity index (χ3n) is 2.57. The van der Waals surface area contributed by atoms with Crippen LogP contribution in [0.5, 0.6) is 0 Å². The second-order valence-corrected chi connectivity index (χ2v) is 5.08. The number of hydrogen-bond donors (Lipinski definition) is 1. The van der Waals surface area contributed by atoms with Crippen LogP contribution >= 0.6 is 0 Å². The second kappa shape index (κ2) is 4.69. The first kappa shape index (κ1) is 12.1. The lowest BCUT2D eigenvalue weighted by atomic mass is 10.0. The van der Waals surface area contributed by atoms with Gasteiger partial charge in [0.2, 0.25) is 0 Å². The zero-order valence-electron chi connectivity index (χ0n) is 9.88. The minimum Gasteiger partial charge on any atom is -0.444 e. The van der Waals surface area contributed by atoms with Crippen LogP contribution in [0.1, 0.15) is 40.0 Å². The highest BCUT2D eigenvalue weighted by atomic mass is 16.6. The number of carbonyl (C=O) groups is 1. The normalized spacial score (nSPS) is 26.1. The lowest BCUT2D eigenvalue weighted by molar-refractivity contribution is 0.0498. The first-order valence-corrected chi connectivity index (χ1v) is 5.54. The van der Waals surface area contributed by atoms with Gasteiger partial charge in [-0.1, -0.05) is 12.5 Å². The average molecular weight is 211 g/mol. The van der Waals surface area contributed by atoms with Gasteiger partial charge in [0.15, 0.2) is 0 Å². The van der Waals surface area contributed by atoms with Crippen LogP contribution in [0.4, 0.5) is 4.79 Å². The molecule has 1 amide bonds. The van der Waals surface area contributed by atoms with Gasteiger partial charge in [-0.2, -0.15) is 0 Å². The maximum atomic E-state index is 11.5. The summed E-state index contributed by atoms with van der Waals surface area (Å²) in [6, 6.07) is 0.206. The maximum absolute atomic E-state index is 11.5. The summed E-state index contributed by atoms with van der Waals surface area (Å²) in [5.41, 5.74) is -0.424. The van der Waals surface area contributed by atoms with Crippen molar-refractivity contribution in [1.29, 1.82) is 0 Å². The van der Waals surface area contributed by atoms with Crippen molar-refractivity contribution in [2.45, 2.75) is 51.7 Å². The van der Waals surface area contributed by atoms with E-state index in [1.54, 1.807) is 0 Å². The Labute approximate surface area is 91.9 Å². The Morgan fingerprint density at radius 3 is 2.67 bits per heavy atom. The SMILES string of the molecule is C=C[C@H]1CCC[C@H]1NC(=O)OC(C)(C)C. The highest BCUT2D eigenvalue weighted by molar-refractivity contribution is 5.68. The lowest BCUT2D eigenvalue weighted by Crippen LogP contribution is -2.40. The van der Waals surface area contributed by atoms with Gasteiger partial charge in [0.05, 0.1) is 0 Å². The molecular weight excluding hydrogens is 190 g/mol. The first-order chi connectivity index (χ1) is 6.92. The van der Waals surface area contributed by atoms with Crippen LogP contribution in [-0.2, 0) is 4.74 Å². The molecule has 0 aromatic rings. The fourth-order valence-electron chi connectivity index (χ4n) is 1.91. The van der Waals surface area contributed by atoms with E-state index in [-0.39, 0.29) is 12.1 Å². The fraction of sp³-hybridized carbons (Fsp3) is 0.750. The Morgan fingerprint density at radius 2 is 2.13 bits per heavy atom. The molecule has 0 heterocycles. The van der Waals surface area contributed by atoms with Crippen molar-refractivity contribution < 1.29 is 9.53 Å². The van der Waals surface area contributed by atoms with Crippen molar-refractivity contribution >= 4 is 6.09 Å². The number of alkyl carbamates (subject to hydrolysis) is 1. The van der Waals surface area contributed by atoms with Crippen molar-refractivity contribution in [3.8, 4) is 0 Å². The Hall–Kier alpha value is -0.990. The quantitative estimate of drug-likeness (QED) is 0.713. The van der Waals surface area contributed by atoms with E-state index >= 15 is 0 Å². The largest absolute Gasteiger partial charge is 0.444 e. The summed E-state index contributed by atoms with van der Waals surface area (Å²) in [6.07, 6.45) is 4.90. The van der Waals surface area contributed by atoms with Gasteiger partial charge in [-0.05, 0) is 39.5 Å². The number of rotatable bonds is 2. The molecule has 3 heteroatoms. The van der Waals surface area contributed by atoms with Crippen LogP contribution in [0.3, 0.4) is 0 Å². The first-order valence-electron chi connectivity index (χ1n) is 5.54. The molecule has 0 unspecified atom stereocenters. The van der Waals surface area contributed by atoms with Crippen LogP contribution in [-0.4, -0.2) is 17.7 Å². The van der Waals surface area contributed by atoms with Gasteiger partial charge in [0, 0.05) is 6.04 Å². The third-order valence-corrected chi connectivity index (χ3v) is 2.57. The molecule has 0 aromatic heterocycles. The van der Waals surface area contributed by atoms with E-state index in [2.05, 4.69) is 11.9 Å². The van der Waals surface area contributed by atoms with Crippen molar-refractivity contribution in [2.75, 3.05) is 0 Å². The average Bonchev–Trinajstić information content (AvgIpc) is 2.48. The number of hydrogen-bond acceptors (Lipinski definition) is 2. The predicted molar refractivity (Wildman–Crippen MR) is 60.7 cm³/mol. The summed E-state index contributed by atoms with van der Waals surface area (Å²) in [6.45, 7) is 9.38. The molecular formula is C12H21NO2. The van der Waals surface area contributed by atoms with E-state index < -0.39 is 5.60 Å². The van der Waals surface area contributed by atoms with E-state index in [4.69, 9.17) is 4.74 Å². The Morgan fingerprint density at radius 1 is 1.47 bits per heavy atom. The highest BCUT2D eigenvalue weighted by Gasteiger charge is 2.27. The van der Waals surface area contributed by atoms with Crippen LogP contribution < -0.4 is 5.32 Å². The van der Waals surface area contributed by atoms with E-state index in [0.717, 1.165) is 19.3 Å². The van der Waals surface area contributed by atoms with E-state index in [9.17, 15) is 4.79 Å². The Bertz CT molecular complexity index is 242. The summed E-state index contributed by atoms with van der Waals surface area (Å²) >= 11 is 0. The summed E-state index contributed by atoms with van der Waals surface area (Å²) in [7, 11) is 0. The fourth-order valence-corrected chi connectivity index (χ4v) is 1.91. The molecule has 1 N–H and O–H groups in total. The minimum absolute atomic E-state index is 0.206. The molecule has 1 rings (SSSR count). The maximum Gasteiger partial charge on any atom is 0.407 e. The number of amides is 1. The van der Waals surface area contributed by atoms with Crippen molar-refractivity contribution in [3.05, 3.63) is 12.7 Å². The zero-order valence-corrected chi connectivity index (χ0v) is 9.88. The molecule has 1 saturated carbocycles. The van der Waals surface area contributed by atoms with E-state index in [1.165, 1.54) is 0 Å². The van der Waals surface area contributed by atoms with Crippen molar-refractivity contribution in [2.24, 2.45) is 5.92 Å². The smallest absolute Gasteiger partial charge is 0.407 e. The molecule has 0 radical (unpaired) electrons. The summed E-state index contributed by atoms with van der Waals surface area (Å²) < 4.78 is 5.21. The molecule has 1 aliphatic carbocycles. The monoisotopic (exact) mass is 211 g/mol. The molecule has 86 valence electrons. The Balaban J connectivity index is 2.41. The van der Waals surface area contributed by atoms with Gasteiger partial charge in [-0.25, -0.2) is 4.79 Å². The van der Waals surface area contributed by atoms with Crippen LogP contribution in [0.15, 0.2) is 12.7 Å². The number of nitrogens with one attached hydrogen (secondary N) is 1.